The van der Waals surface area contributed by atoms with E-state index in [1.54, 1.807) is 6.07 Å². The van der Waals surface area contributed by atoms with Crippen molar-refractivity contribution < 1.29 is 14.0 Å². The summed E-state index contributed by atoms with van der Waals surface area (Å²) < 4.78 is 18.8. The first kappa shape index (κ1) is 9.43. The summed E-state index contributed by atoms with van der Waals surface area (Å²) in [6.07, 6.45) is 1.90. The molecule has 0 saturated carbocycles. The smallest absolute Gasteiger partial charge is 0.132 e. The van der Waals surface area contributed by atoms with Crippen molar-refractivity contribution >= 4 is 0 Å². The average molecular weight is 197 g/mol. The number of nitrogens with two attached hydrogens (primary N) is 1. The number of rotatable bonds is 2. The van der Waals surface area contributed by atoms with E-state index < -0.39 is 0 Å². The predicted octanol–water partition coefficient (Wildman–Crippen LogP) is 1.54. The number of halogens is 1. The number of hydrogen-bond acceptors (Lipinski definition) is 3. The van der Waals surface area contributed by atoms with Gasteiger partial charge in [-0.05, 0) is 24.5 Å². The third kappa shape index (κ3) is 1.58. The number of benzene rings is 1. The molecule has 1 aromatic rings. The molecule has 0 unspecified atom stereocenters. The number of fused-ring (bicyclic) bond motifs is 1. The topological polar surface area (TPSA) is 44.5 Å². The van der Waals surface area contributed by atoms with Crippen LogP contribution in [0.2, 0.25) is 0 Å². The minimum absolute atomic E-state index is 0.0506. The van der Waals surface area contributed by atoms with Gasteiger partial charge in [0.2, 0.25) is 0 Å². The van der Waals surface area contributed by atoms with E-state index >= 15 is 0 Å². The molecule has 0 saturated heterocycles. The van der Waals surface area contributed by atoms with Gasteiger partial charge in [0.1, 0.15) is 11.6 Å². The van der Waals surface area contributed by atoms with Gasteiger partial charge in [0.25, 0.3) is 0 Å². The molecule has 0 radical (unpaired) electrons. The summed E-state index contributed by atoms with van der Waals surface area (Å²) in [7, 11) is 0. The highest BCUT2D eigenvalue weighted by Gasteiger charge is 2.17. The fourth-order valence-electron chi connectivity index (χ4n) is 1.68. The van der Waals surface area contributed by atoms with Crippen molar-refractivity contribution in [2.45, 2.75) is 19.4 Å². The maximum absolute atomic E-state index is 13.3. The highest BCUT2D eigenvalue weighted by atomic mass is 19.1. The van der Waals surface area contributed by atoms with Crippen molar-refractivity contribution in [3.05, 3.63) is 29.1 Å². The molecule has 1 aliphatic rings. The third-order valence-electron chi connectivity index (χ3n) is 2.35. The molecule has 0 spiro atoms. The SMILES string of the molecule is NOCc1c(F)ccc2c1OCCC2. The van der Waals surface area contributed by atoms with Crippen molar-refractivity contribution in [3.63, 3.8) is 0 Å². The van der Waals surface area contributed by atoms with Gasteiger partial charge < -0.3 is 4.74 Å². The van der Waals surface area contributed by atoms with Crippen LogP contribution in [0.4, 0.5) is 4.39 Å². The molecule has 0 atom stereocenters. The van der Waals surface area contributed by atoms with E-state index in [9.17, 15) is 4.39 Å². The van der Waals surface area contributed by atoms with E-state index in [4.69, 9.17) is 10.6 Å². The third-order valence-corrected chi connectivity index (χ3v) is 2.35. The lowest BCUT2D eigenvalue weighted by molar-refractivity contribution is 0.117. The summed E-state index contributed by atoms with van der Waals surface area (Å²) in [6.45, 7) is 0.684. The van der Waals surface area contributed by atoms with E-state index in [-0.39, 0.29) is 12.4 Å². The fraction of sp³-hybridized carbons (Fsp3) is 0.400. The normalized spacial score (nSPS) is 14.7. The molecule has 1 aromatic carbocycles. The standard InChI is InChI=1S/C10H12FNO2/c11-9-4-3-7-2-1-5-13-10(7)8(9)6-14-12/h3-4H,1-2,5-6,12H2. The highest BCUT2D eigenvalue weighted by molar-refractivity contribution is 5.43. The summed E-state index contributed by atoms with van der Waals surface area (Å²) in [5.41, 5.74) is 1.45. The van der Waals surface area contributed by atoms with Crippen molar-refractivity contribution in [2.24, 2.45) is 5.90 Å². The van der Waals surface area contributed by atoms with Crippen LogP contribution in [0, 0.1) is 5.82 Å². The molecule has 14 heavy (non-hydrogen) atoms. The Hall–Kier alpha value is -1.13. The largest absolute Gasteiger partial charge is 0.493 e. The molecule has 0 amide bonds. The molecule has 0 fully saturated rings. The summed E-state index contributed by atoms with van der Waals surface area (Å²) in [5.74, 6) is 5.23. The van der Waals surface area contributed by atoms with Gasteiger partial charge in [-0.3, -0.25) is 4.84 Å². The van der Waals surface area contributed by atoms with Gasteiger partial charge in [-0.1, -0.05) is 6.07 Å². The van der Waals surface area contributed by atoms with Gasteiger partial charge in [0.15, 0.2) is 0 Å². The van der Waals surface area contributed by atoms with Crippen LogP contribution >= 0.6 is 0 Å². The van der Waals surface area contributed by atoms with E-state index in [0.29, 0.717) is 17.9 Å². The van der Waals surface area contributed by atoms with Crippen LogP contribution < -0.4 is 10.6 Å². The molecular formula is C10H12FNO2. The van der Waals surface area contributed by atoms with Crippen LogP contribution in [0.5, 0.6) is 5.75 Å². The van der Waals surface area contributed by atoms with Gasteiger partial charge in [-0.15, -0.1) is 0 Å². The molecule has 1 heterocycles. The van der Waals surface area contributed by atoms with Crippen molar-refractivity contribution in [3.8, 4) is 5.75 Å². The highest BCUT2D eigenvalue weighted by Crippen LogP contribution is 2.31. The molecule has 76 valence electrons. The van der Waals surface area contributed by atoms with E-state index in [1.165, 1.54) is 6.07 Å². The zero-order chi connectivity index (χ0) is 9.97. The van der Waals surface area contributed by atoms with Crippen LogP contribution in [-0.2, 0) is 17.9 Å². The Balaban J connectivity index is 2.43. The van der Waals surface area contributed by atoms with Crippen LogP contribution in [0.1, 0.15) is 17.5 Å². The lowest BCUT2D eigenvalue weighted by Gasteiger charge is -2.20. The quantitative estimate of drug-likeness (QED) is 0.731. The first-order valence-corrected chi connectivity index (χ1v) is 4.57. The maximum atomic E-state index is 13.3. The molecule has 2 N–H and O–H groups in total. The molecular weight excluding hydrogens is 185 g/mol. The summed E-state index contributed by atoms with van der Waals surface area (Å²) in [6, 6.07) is 3.19. The van der Waals surface area contributed by atoms with E-state index in [1.807, 2.05) is 0 Å². The predicted molar refractivity (Wildman–Crippen MR) is 49.2 cm³/mol. The minimum Gasteiger partial charge on any atom is -0.493 e. The van der Waals surface area contributed by atoms with Crippen molar-refractivity contribution in [1.29, 1.82) is 0 Å². The maximum Gasteiger partial charge on any atom is 0.132 e. The van der Waals surface area contributed by atoms with Gasteiger partial charge >= 0.3 is 0 Å². The first-order valence-electron chi connectivity index (χ1n) is 4.57. The van der Waals surface area contributed by atoms with Crippen LogP contribution in [0.25, 0.3) is 0 Å². The molecule has 4 heteroatoms. The Bertz CT molecular complexity index is 341. The van der Waals surface area contributed by atoms with Gasteiger partial charge in [0, 0.05) is 0 Å². The second-order valence-corrected chi connectivity index (χ2v) is 3.28. The summed E-state index contributed by atoms with van der Waals surface area (Å²) in [4.78, 5) is 4.45. The zero-order valence-electron chi connectivity index (χ0n) is 7.75. The first-order chi connectivity index (χ1) is 6.83. The Labute approximate surface area is 81.6 Å². The van der Waals surface area contributed by atoms with Gasteiger partial charge in [-0.25, -0.2) is 10.3 Å². The second-order valence-electron chi connectivity index (χ2n) is 3.28. The van der Waals surface area contributed by atoms with Crippen LogP contribution in [0.15, 0.2) is 12.1 Å². The molecule has 3 nitrogen and oxygen atoms in total. The minimum atomic E-state index is -0.323. The second kappa shape index (κ2) is 3.94. The fourth-order valence-corrected chi connectivity index (χ4v) is 1.68. The van der Waals surface area contributed by atoms with E-state index in [2.05, 4.69) is 4.84 Å². The van der Waals surface area contributed by atoms with Gasteiger partial charge in [-0.2, -0.15) is 0 Å². The lowest BCUT2D eigenvalue weighted by atomic mass is 10.0. The molecule has 0 aliphatic carbocycles. The van der Waals surface area contributed by atoms with Crippen molar-refractivity contribution in [2.75, 3.05) is 6.61 Å². The van der Waals surface area contributed by atoms with Crippen molar-refractivity contribution in [1.82, 2.24) is 0 Å². The summed E-state index contributed by atoms with van der Waals surface area (Å²) >= 11 is 0. The monoisotopic (exact) mass is 197 g/mol. The average Bonchev–Trinajstić information content (AvgIpc) is 2.23. The van der Waals surface area contributed by atoms with E-state index in [0.717, 1.165) is 18.4 Å². The number of aryl methyl sites for hydroxylation is 1. The Kier molecular flexibility index (Phi) is 2.65. The lowest BCUT2D eigenvalue weighted by Crippen LogP contribution is -2.13. The molecule has 0 bridgehead atoms. The zero-order valence-corrected chi connectivity index (χ0v) is 7.75. The van der Waals surface area contributed by atoms with Crippen LogP contribution in [-0.4, -0.2) is 6.61 Å². The van der Waals surface area contributed by atoms with Crippen LogP contribution in [0.3, 0.4) is 0 Å². The molecule has 1 aliphatic heterocycles. The summed E-state index contributed by atoms with van der Waals surface area (Å²) in [5, 5.41) is 0. The Morgan fingerprint density at radius 2 is 2.36 bits per heavy atom. The van der Waals surface area contributed by atoms with Gasteiger partial charge in [0.05, 0.1) is 18.8 Å². The number of hydrogen-bond donors (Lipinski definition) is 1. The Morgan fingerprint density at radius 1 is 1.50 bits per heavy atom. The number of ether oxygens (including phenoxy) is 1. The molecule has 2 rings (SSSR count). The molecule has 0 aromatic heterocycles. The Morgan fingerprint density at radius 3 is 3.14 bits per heavy atom.